The molecule has 3 rings (SSSR count). The van der Waals surface area contributed by atoms with E-state index in [0.717, 1.165) is 15.8 Å². The van der Waals surface area contributed by atoms with Crippen LogP contribution in [0, 0.1) is 6.92 Å². The molecular weight excluding hydrogens is 352 g/mol. The highest BCUT2D eigenvalue weighted by Gasteiger charge is 2.16. The maximum Gasteiger partial charge on any atom is 0.342 e. The number of carbonyl (C=O) groups excluding carboxylic acids is 1. The number of hydrogen-bond acceptors (Lipinski definition) is 6. The van der Waals surface area contributed by atoms with Crippen molar-refractivity contribution in [3.05, 3.63) is 69.6 Å². The average Bonchev–Trinajstić information content (AvgIpc) is 2.64. The first kappa shape index (κ1) is 18.1. The molecule has 5 nitrogen and oxygen atoms in total. The van der Waals surface area contributed by atoms with Crippen molar-refractivity contribution in [2.24, 2.45) is 0 Å². The summed E-state index contributed by atoms with van der Waals surface area (Å²) in [4.78, 5) is 25.2. The molecule has 0 aliphatic heterocycles. The van der Waals surface area contributed by atoms with E-state index >= 15 is 0 Å². The first-order valence-electron chi connectivity index (χ1n) is 7.94. The van der Waals surface area contributed by atoms with Crippen molar-refractivity contribution in [1.82, 2.24) is 0 Å². The fraction of sp³-hybridized carbons (Fsp3) is 0.200. The number of esters is 1. The van der Waals surface area contributed by atoms with Gasteiger partial charge >= 0.3 is 11.6 Å². The smallest absolute Gasteiger partial charge is 0.342 e. The van der Waals surface area contributed by atoms with Crippen molar-refractivity contribution in [3.8, 4) is 5.75 Å². The number of rotatable bonds is 5. The molecule has 0 spiro atoms. The number of ether oxygens (including phenoxy) is 2. The summed E-state index contributed by atoms with van der Waals surface area (Å²) in [5, 5.41) is 0.743. The molecule has 0 N–H and O–H groups in total. The number of benzene rings is 2. The zero-order chi connectivity index (χ0) is 18.7. The standard InChI is InChI=1S/C20H18O5S/c1-12-4-6-15-13(9-19(21)25-18(15)8-12)11-24-20(22)16-7-5-14(26-3)10-17(16)23-2/h4-10H,11H2,1-3H3. The van der Waals surface area contributed by atoms with Crippen LogP contribution in [-0.4, -0.2) is 19.3 Å². The molecule has 134 valence electrons. The fourth-order valence-electron chi connectivity index (χ4n) is 2.64. The third kappa shape index (κ3) is 3.75. The number of fused-ring (bicyclic) bond motifs is 1. The molecule has 0 saturated carbocycles. The Kier molecular flexibility index (Phi) is 5.32. The first-order chi connectivity index (χ1) is 12.5. The van der Waals surface area contributed by atoms with Gasteiger partial charge in [0.15, 0.2) is 0 Å². The maximum absolute atomic E-state index is 12.5. The third-order valence-electron chi connectivity index (χ3n) is 3.97. The van der Waals surface area contributed by atoms with E-state index in [9.17, 15) is 9.59 Å². The van der Waals surface area contributed by atoms with Gasteiger partial charge < -0.3 is 13.9 Å². The van der Waals surface area contributed by atoms with Crippen molar-refractivity contribution in [3.63, 3.8) is 0 Å². The number of thioether (sulfide) groups is 1. The highest BCUT2D eigenvalue weighted by Crippen LogP contribution is 2.26. The van der Waals surface area contributed by atoms with Crippen LogP contribution in [0.25, 0.3) is 11.0 Å². The van der Waals surface area contributed by atoms with Crippen molar-refractivity contribution >= 4 is 28.7 Å². The Bertz CT molecular complexity index is 1020. The second kappa shape index (κ2) is 7.66. The molecule has 0 unspecified atom stereocenters. The molecule has 1 heterocycles. The summed E-state index contributed by atoms with van der Waals surface area (Å²) in [5.41, 5.74) is 1.92. The Labute approximate surface area is 154 Å². The van der Waals surface area contributed by atoms with E-state index in [1.807, 2.05) is 31.4 Å². The second-order valence-electron chi connectivity index (χ2n) is 5.73. The lowest BCUT2D eigenvalue weighted by Gasteiger charge is -2.11. The maximum atomic E-state index is 12.5. The fourth-order valence-corrected chi connectivity index (χ4v) is 3.07. The van der Waals surface area contributed by atoms with Crippen LogP contribution in [0.4, 0.5) is 0 Å². The predicted molar refractivity (Wildman–Crippen MR) is 101 cm³/mol. The molecule has 26 heavy (non-hydrogen) atoms. The molecule has 0 aliphatic rings. The Morgan fingerprint density at radius 1 is 1.15 bits per heavy atom. The van der Waals surface area contributed by atoms with Crippen LogP contribution in [0.1, 0.15) is 21.5 Å². The highest BCUT2D eigenvalue weighted by molar-refractivity contribution is 7.98. The topological polar surface area (TPSA) is 65.7 Å². The summed E-state index contributed by atoms with van der Waals surface area (Å²) < 4.78 is 15.9. The average molecular weight is 370 g/mol. The van der Waals surface area contributed by atoms with Crippen LogP contribution >= 0.6 is 11.8 Å². The molecular formula is C20H18O5S. The number of methoxy groups -OCH3 is 1. The van der Waals surface area contributed by atoms with Gasteiger partial charge in [-0.2, -0.15) is 0 Å². The molecule has 2 aromatic carbocycles. The lowest BCUT2D eigenvalue weighted by Crippen LogP contribution is -2.09. The van der Waals surface area contributed by atoms with E-state index < -0.39 is 11.6 Å². The highest BCUT2D eigenvalue weighted by atomic mass is 32.2. The first-order valence-corrected chi connectivity index (χ1v) is 9.17. The van der Waals surface area contributed by atoms with Crippen molar-refractivity contribution < 1.29 is 18.7 Å². The molecule has 6 heteroatoms. The molecule has 0 saturated heterocycles. The van der Waals surface area contributed by atoms with Gasteiger partial charge in [-0.1, -0.05) is 12.1 Å². The van der Waals surface area contributed by atoms with Gasteiger partial charge in [0, 0.05) is 21.9 Å². The summed E-state index contributed by atoms with van der Waals surface area (Å²) in [6.07, 6.45) is 1.94. The van der Waals surface area contributed by atoms with Gasteiger partial charge in [0.25, 0.3) is 0 Å². The Morgan fingerprint density at radius 3 is 2.69 bits per heavy atom. The second-order valence-corrected chi connectivity index (χ2v) is 6.61. The number of carbonyl (C=O) groups is 1. The Morgan fingerprint density at radius 2 is 1.96 bits per heavy atom. The zero-order valence-corrected chi connectivity index (χ0v) is 15.5. The molecule has 0 atom stereocenters. The minimum atomic E-state index is -0.511. The minimum Gasteiger partial charge on any atom is -0.496 e. The molecule has 0 bridgehead atoms. The Hall–Kier alpha value is -2.73. The number of hydrogen-bond donors (Lipinski definition) is 0. The van der Waals surface area contributed by atoms with Crippen molar-refractivity contribution in [2.45, 2.75) is 18.4 Å². The van der Waals surface area contributed by atoms with E-state index in [2.05, 4.69) is 0 Å². The summed E-state index contributed by atoms with van der Waals surface area (Å²) in [7, 11) is 1.51. The van der Waals surface area contributed by atoms with Crippen LogP contribution in [0.15, 0.2) is 56.6 Å². The molecule has 3 aromatic rings. The molecule has 0 amide bonds. The SMILES string of the molecule is COc1cc(SC)ccc1C(=O)OCc1cc(=O)oc2cc(C)ccc12. The summed E-state index contributed by atoms with van der Waals surface area (Å²) in [5.74, 6) is -0.0575. The molecule has 0 aliphatic carbocycles. The molecule has 1 aromatic heterocycles. The zero-order valence-electron chi connectivity index (χ0n) is 14.7. The predicted octanol–water partition coefficient (Wildman–Crippen LogP) is 4.19. The largest absolute Gasteiger partial charge is 0.496 e. The van der Waals surface area contributed by atoms with Crippen LogP contribution in [-0.2, 0) is 11.3 Å². The van der Waals surface area contributed by atoms with Crippen molar-refractivity contribution in [1.29, 1.82) is 0 Å². The van der Waals surface area contributed by atoms with E-state index in [4.69, 9.17) is 13.9 Å². The van der Waals surface area contributed by atoms with Crippen molar-refractivity contribution in [2.75, 3.05) is 13.4 Å². The molecule has 0 fully saturated rings. The lowest BCUT2D eigenvalue weighted by molar-refractivity contribution is 0.0470. The van der Waals surface area contributed by atoms with Crippen LogP contribution in [0.5, 0.6) is 5.75 Å². The van der Waals surface area contributed by atoms with Gasteiger partial charge in [-0.3, -0.25) is 0 Å². The summed E-state index contributed by atoms with van der Waals surface area (Å²) in [6.45, 7) is 1.88. The number of aryl methyl sites for hydroxylation is 1. The van der Waals surface area contributed by atoms with Crippen LogP contribution < -0.4 is 10.4 Å². The van der Waals surface area contributed by atoms with Gasteiger partial charge in [-0.15, -0.1) is 11.8 Å². The minimum absolute atomic E-state index is 0.0303. The van der Waals surface area contributed by atoms with E-state index in [1.54, 1.807) is 30.0 Å². The quantitative estimate of drug-likeness (QED) is 0.381. The van der Waals surface area contributed by atoms with Gasteiger partial charge in [0.2, 0.25) is 0 Å². The molecule has 0 radical (unpaired) electrons. The summed E-state index contributed by atoms with van der Waals surface area (Å²) >= 11 is 1.56. The third-order valence-corrected chi connectivity index (χ3v) is 4.70. The van der Waals surface area contributed by atoms with Gasteiger partial charge in [-0.05, 0) is 43.0 Å². The monoisotopic (exact) mass is 370 g/mol. The van der Waals surface area contributed by atoms with Crippen LogP contribution in [0.3, 0.4) is 0 Å². The summed E-state index contributed by atoms with van der Waals surface area (Å²) in [6, 6.07) is 12.2. The van der Waals surface area contributed by atoms with E-state index in [1.165, 1.54) is 13.2 Å². The van der Waals surface area contributed by atoms with Gasteiger partial charge in [0.05, 0.1) is 7.11 Å². The van der Waals surface area contributed by atoms with Gasteiger partial charge in [-0.25, -0.2) is 9.59 Å². The van der Waals surface area contributed by atoms with E-state index in [0.29, 0.717) is 22.5 Å². The van der Waals surface area contributed by atoms with Crippen LogP contribution in [0.2, 0.25) is 0 Å². The Balaban J connectivity index is 1.86. The van der Waals surface area contributed by atoms with Gasteiger partial charge in [0.1, 0.15) is 23.5 Å². The normalized spacial score (nSPS) is 10.7. The lowest BCUT2D eigenvalue weighted by atomic mass is 10.1. The van der Waals surface area contributed by atoms with E-state index in [-0.39, 0.29) is 6.61 Å².